The molecule has 1 rings (SSSR count). The zero-order valence-electron chi connectivity index (χ0n) is 5.76. The highest BCUT2D eigenvalue weighted by Crippen LogP contribution is 2.29. The molecule has 1 nitrogen and oxygen atoms in total. The molecule has 0 N–H and O–H groups in total. The third-order valence-corrected chi connectivity index (χ3v) is 3.91. The van der Waals surface area contributed by atoms with Crippen molar-refractivity contribution in [2.75, 3.05) is 6.16 Å². The molecule has 0 radical (unpaired) electrons. The minimum absolute atomic E-state index is 0.295. The van der Waals surface area contributed by atoms with E-state index in [9.17, 15) is 4.79 Å². The van der Waals surface area contributed by atoms with Gasteiger partial charge >= 0.3 is 5.52 Å². The Morgan fingerprint density at radius 1 is 1.56 bits per heavy atom. The quantitative estimate of drug-likeness (QED) is 0.513. The van der Waals surface area contributed by atoms with Crippen LogP contribution in [0.4, 0.5) is 0 Å². The normalized spacial score (nSPS) is 23.0. The lowest BCUT2D eigenvalue weighted by atomic mass is 10.3. The Hall–Kier alpha value is -0.160. The molecule has 0 saturated carbocycles. The summed E-state index contributed by atoms with van der Waals surface area (Å²) in [5, 5.41) is 0. The van der Waals surface area contributed by atoms with Crippen LogP contribution >= 0.6 is 7.55 Å². The van der Waals surface area contributed by atoms with Crippen LogP contribution in [-0.4, -0.2) is 17.5 Å². The van der Waals surface area contributed by atoms with Crippen molar-refractivity contribution in [1.82, 2.24) is 0 Å². The standard InChI is InChI=1S/C7H12OP/c1-7(8)9-5-3-2-4-6-9/h5H,2-4,6H2,1H3/q+1. The van der Waals surface area contributed by atoms with Crippen LogP contribution in [0.5, 0.6) is 0 Å². The van der Waals surface area contributed by atoms with Gasteiger partial charge in [-0.05, 0) is 12.8 Å². The molecule has 0 aromatic rings. The Bertz CT molecular complexity index is 149. The molecule has 0 bridgehead atoms. The van der Waals surface area contributed by atoms with E-state index in [1.54, 1.807) is 6.92 Å². The molecular weight excluding hydrogens is 131 g/mol. The Morgan fingerprint density at radius 2 is 2.33 bits per heavy atom. The Labute approximate surface area is 56.8 Å². The summed E-state index contributed by atoms with van der Waals surface area (Å²) in [5.74, 6) is 2.22. The summed E-state index contributed by atoms with van der Waals surface area (Å²) >= 11 is 0. The fourth-order valence-electron chi connectivity index (χ4n) is 1.05. The van der Waals surface area contributed by atoms with Crippen LogP contribution in [0.25, 0.3) is 0 Å². The number of rotatable bonds is 1. The minimum atomic E-state index is -0.295. The van der Waals surface area contributed by atoms with E-state index < -0.39 is 0 Å². The van der Waals surface area contributed by atoms with Gasteiger partial charge in [0.2, 0.25) is 0 Å². The van der Waals surface area contributed by atoms with E-state index >= 15 is 0 Å². The molecule has 1 heterocycles. The maximum atomic E-state index is 10.8. The fourth-order valence-corrected chi connectivity index (χ4v) is 2.86. The van der Waals surface area contributed by atoms with E-state index in [-0.39, 0.29) is 7.55 Å². The molecule has 1 unspecified atom stereocenters. The predicted octanol–water partition coefficient (Wildman–Crippen LogP) is 2.00. The predicted molar refractivity (Wildman–Crippen MR) is 42.4 cm³/mol. The summed E-state index contributed by atoms with van der Waals surface area (Å²) < 4.78 is 0. The molecule has 1 aliphatic rings. The van der Waals surface area contributed by atoms with Gasteiger partial charge in [0, 0.05) is 13.3 Å². The molecule has 0 aliphatic carbocycles. The van der Waals surface area contributed by atoms with Crippen molar-refractivity contribution in [1.29, 1.82) is 0 Å². The molecule has 2 heteroatoms. The lowest BCUT2D eigenvalue weighted by Gasteiger charge is -1.97. The Kier molecular flexibility index (Phi) is 2.41. The van der Waals surface area contributed by atoms with Crippen LogP contribution in [0.3, 0.4) is 0 Å². The van der Waals surface area contributed by atoms with Crippen LogP contribution < -0.4 is 0 Å². The van der Waals surface area contributed by atoms with E-state index in [1.165, 1.54) is 19.3 Å². The SMILES string of the molecule is CC(=O)[P+]1=CCCCC1. The zero-order valence-corrected chi connectivity index (χ0v) is 6.66. The van der Waals surface area contributed by atoms with Crippen molar-refractivity contribution in [2.45, 2.75) is 26.2 Å². The largest absolute Gasteiger partial charge is 0.319 e. The fraction of sp³-hybridized carbons (Fsp3) is 0.714. The topological polar surface area (TPSA) is 17.1 Å². The Morgan fingerprint density at radius 3 is 2.67 bits per heavy atom. The van der Waals surface area contributed by atoms with Crippen LogP contribution in [0.15, 0.2) is 0 Å². The van der Waals surface area contributed by atoms with Gasteiger partial charge in [0.15, 0.2) is 7.55 Å². The second-order valence-corrected chi connectivity index (χ2v) is 4.77. The van der Waals surface area contributed by atoms with Gasteiger partial charge in [0.1, 0.15) is 6.16 Å². The van der Waals surface area contributed by atoms with Crippen LogP contribution in [0.2, 0.25) is 0 Å². The van der Waals surface area contributed by atoms with E-state index in [0.717, 1.165) is 6.16 Å². The molecule has 0 aromatic carbocycles. The van der Waals surface area contributed by atoms with Crippen molar-refractivity contribution in [3.05, 3.63) is 0 Å². The zero-order chi connectivity index (χ0) is 6.69. The third kappa shape index (κ3) is 1.91. The molecule has 50 valence electrons. The molecule has 0 spiro atoms. The minimum Gasteiger partial charge on any atom is -0.245 e. The van der Waals surface area contributed by atoms with Gasteiger partial charge in [-0.1, -0.05) is 0 Å². The van der Waals surface area contributed by atoms with Gasteiger partial charge in [-0.2, -0.15) is 0 Å². The molecule has 0 saturated heterocycles. The van der Waals surface area contributed by atoms with Crippen molar-refractivity contribution in [3.8, 4) is 0 Å². The summed E-state index contributed by atoms with van der Waals surface area (Å²) in [6.07, 6.45) is 4.89. The molecule has 9 heavy (non-hydrogen) atoms. The average molecular weight is 143 g/mol. The first-order valence-electron chi connectivity index (χ1n) is 3.41. The lowest BCUT2D eigenvalue weighted by Crippen LogP contribution is -1.96. The average Bonchev–Trinajstić information content (AvgIpc) is 1.90. The molecule has 1 atom stereocenters. The molecule has 0 fully saturated rings. The van der Waals surface area contributed by atoms with Crippen LogP contribution in [0, 0.1) is 0 Å². The first-order valence-corrected chi connectivity index (χ1v) is 5.01. The van der Waals surface area contributed by atoms with E-state index in [0.29, 0.717) is 5.52 Å². The van der Waals surface area contributed by atoms with Crippen molar-refractivity contribution in [2.24, 2.45) is 0 Å². The smallest absolute Gasteiger partial charge is 0.245 e. The van der Waals surface area contributed by atoms with Gasteiger partial charge in [-0.3, -0.25) is 0 Å². The van der Waals surface area contributed by atoms with Crippen LogP contribution in [-0.2, 0) is 4.79 Å². The second kappa shape index (κ2) is 3.12. The highest BCUT2D eigenvalue weighted by molar-refractivity contribution is 7.73. The first kappa shape index (κ1) is 6.95. The van der Waals surface area contributed by atoms with E-state index in [1.807, 2.05) is 0 Å². The van der Waals surface area contributed by atoms with Gasteiger partial charge in [0.25, 0.3) is 0 Å². The first-order chi connectivity index (χ1) is 4.30. The van der Waals surface area contributed by atoms with Gasteiger partial charge in [-0.25, -0.2) is 4.79 Å². The van der Waals surface area contributed by atoms with E-state index in [2.05, 4.69) is 5.80 Å². The van der Waals surface area contributed by atoms with Gasteiger partial charge < -0.3 is 0 Å². The number of hydrogen-bond acceptors (Lipinski definition) is 1. The van der Waals surface area contributed by atoms with Gasteiger partial charge in [-0.15, -0.1) is 0 Å². The summed E-state index contributed by atoms with van der Waals surface area (Å²) in [6.45, 7) is 1.72. The third-order valence-electron chi connectivity index (χ3n) is 1.61. The summed E-state index contributed by atoms with van der Waals surface area (Å²) in [6, 6.07) is 0. The summed E-state index contributed by atoms with van der Waals surface area (Å²) in [4.78, 5) is 10.8. The highest BCUT2D eigenvalue weighted by atomic mass is 31.1. The monoisotopic (exact) mass is 143 g/mol. The van der Waals surface area contributed by atoms with E-state index in [4.69, 9.17) is 0 Å². The summed E-state index contributed by atoms with van der Waals surface area (Å²) in [7, 11) is -0.295. The van der Waals surface area contributed by atoms with Crippen LogP contribution in [0.1, 0.15) is 26.2 Å². The number of carbonyl (C=O) groups is 1. The van der Waals surface area contributed by atoms with Gasteiger partial charge in [0.05, 0.1) is 5.80 Å². The lowest BCUT2D eigenvalue weighted by molar-refractivity contribution is -0.109. The highest BCUT2D eigenvalue weighted by Gasteiger charge is 2.18. The molecular formula is C7H12OP+. The molecule has 1 aliphatic heterocycles. The maximum absolute atomic E-state index is 10.8. The van der Waals surface area contributed by atoms with Crippen molar-refractivity contribution in [3.63, 3.8) is 0 Å². The summed E-state index contributed by atoms with van der Waals surface area (Å²) in [5.41, 5.74) is 0.407. The van der Waals surface area contributed by atoms with Crippen molar-refractivity contribution >= 4 is 18.9 Å². The molecule has 0 aromatic heterocycles. The van der Waals surface area contributed by atoms with Crippen molar-refractivity contribution < 1.29 is 4.79 Å². The maximum Gasteiger partial charge on any atom is 0.319 e. The second-order valence-electron chi connectivity index (χ2n) is 2.39. The number of carbonyl (C=O) groups excluding carboxylic acids is 1. The Balaban J connectivity index is 2.57. The molecule has 0 amide bonds. The number of hydrogen-bond donors (Lipinski definition) is 0.